The fourth-order valence-electron chi connectivity index (χ4n) is 0.730. The van der Waals surface area contributed by atoms with Crippen LogP contribution in [0.2, 0.25) is 0 Å². The summed E-state index contributed by atoms with van der Waals surface area (Å²) in [5.74, 6) is 2.40. The summed E-state index contributed by atoms with van der Waals surface area (Å²) in [6.45, 7) is 7.32. The van der Waals surface area contributed by atoms with Gasteiger partial charge in [0.2, 0.25) is 5.91 Å². The smallest absolute Gasteiger partial charge is 0.238 e. The molecule has 3 N–H and O–H groups in total. The molecule has 0 saturated heterocycles. The van der Waals surface area contributed by atoms with Gasteiger partial charge in [-0.3, -0.25) is 4.79 Å². The van der Waals surface area contributed by atoms with E-state index in [1.165, 1.54) is 0 Å². The number of carbonyl (C=O) groups excluding carboxylic acids is 1. The fourth-order valence-corrected chi connectivity index (χ4v) is 0.730. The van der Waals surface area contributed by atoms with E-state index < -0.39 is 11.6 Å². The Morgan fingerprint density at radius 1 is 1.54 bits per heavy atom. The zero-order chi connectivity index (χ0) is 10.6. The average molecular weight is 182 g/mol. The molecule has 0 aromatic rings. The van der Waals surface area contributed by atoms with Crippen molar-refractivity contribution >= 4 is 5.91 Å². The van der Waals surface area contributed by atoms with E-state index in [1.54, 1.807) is 13.8 Å². The lowest BCUT2D eigenvalue weighted by atomic mass is 10.0. The number of nitrogens with one attached hydrogen (secondary N) is 1. The van der Waals surface area contributed by atoms with Crippen LogP contribution in [0.15, 0.2) is 0 Å². The molecule has 3 nitrogen and oxygen atoms in total. The molecule has 0 aliphatic heterocycles. The van der Waals surface area contributed by atoms with E-state index >= 15 is 0 Å². The first-order valence-electron chi connectivity index (χ1n) is 4.35. The first-order valence-corrected chi connectivity index (χ1v) is 4.35. The minimum absolute atomic E-state index is 0.119. The molecule has 1 atom stereocenters. The summed E-state index contributed by atoms with van der Waals surface area (Å²) in [7, 11) is 0. The third kappa shape index (κ3) is 3.95. The lowest BCUT2D eigenvalue weighted by molar-refractivity contribution is -0.124. The largest absolute Gasteiger partial charge is 0.339 e. The molecule has 0 heterocycles. The van der Waals surface area contributed by atoms with Crippen molar-refractivity contribution in [3.05, 3.63) is 0 Å². The van der Waals surface area contributed by atoms with Crippen LogP contribution < -0.4 is 11.1 Å². The maximum atomic E-state index is 11.4. The number of hydrogen-bond donors (Lipinski definition) is 2. The third-order valence-electron chi connectivity index (χ3n) is 1.82. The molecule has 1 unspecified atom stereocenters. The molecule has 0 rings (SSSR count). The van der Waals surface area contributed by atoms with Crippen LogP contribution in [0.5, 0.6) is 0 Å². The van der Waals surface area contributed by atoms with Gasteiger partial charge >= 0.3 is 0 Å². The predicted molar refractivity (Wildman–Crippen MR) is 53.9 cm³/mol. The van der Waals surface area contributed by atoms with E-state index in [4.69, 9.17) is 12.2 Å². The van der Waals surface area contributed by atoms with Crippen LogP contribution in [0.1, 0.15) is 27.7 Å². The van der Waals surface area contributed by atoms with E-state index in [-0.39, 0.29) is 11.8 Å². The van der Waals surface area contributed by atoms with Crippen LogP contribution >= 0.6 is 0 Å². The first kappa shape index (κ1) is 12.0. The van der Waals surface area contributed by atoms with Crippen molar-refractivity contribution < 1.29 is 4.79 Å². The highest BCUT2D eigenvalue weighted by molar-refractivity contribution is 5.82. The minimum Gasteiger partial charge on any atom is -0.339 e. The molecule has 3 heteroatoms. The number of amides is 1. The summed E-state index contributed by atoms with van der Waals surface area (Å²) in [5.41, 5.74) is 5.02. The van der Waals surface area contributed by atoms with Gasteiger partial charge < -0.3 is 11.1 Å². The molecule has 0 saturated carbocycles. The van der Waals surface area contributed by atoms with Gasteiger partial charge in [-0.2, -0.15) is 0 Å². The Bertz CT molecular complexity index is 226. The zero-order valence-corrected chi connectivity index (χ0v) is 8.72. The van der Waals surface area contributed by atoms with Crippen molar-refractivity contribution in [1.29, 1.82) is 0 Å². The maximum Gasteiger partial charge on any atom is 0.238 e. The van der Waals surface area contributed by atoms with Gasteiger partial charge in [0.15, 0.2) is 0 Å². The summed E-state index contributed by atoms with van der Waals surface area (Å²) < 4.78 is 0. The van der Waals surface area contributed by atoms with Crippen LogP contribution in [0, 0.1) is 18.3 Å². The highest BCUT2D eigenvalue weighted by Crippen LogP contribution is 2.03. The topological polar surface area (TPSA) is 55.1 Å². The first-order chi connectivity index (χ1) is 5.80. The maximum absolute atomic E-state index is 11.4. The van der Waals surface area contributed by atoms with Gasteiger partial charge in [-0.15, -0.1) is 6.42 Å². The Morgan fingerprint density at radius 3 is 2.31 bits per heavy atom. The minimum atomic E-state index is -0.621. The average Bonchev–Trinajstić information content (AvgIpc) is 2.02. The standard InChI is InChI=1S/C10H18N2O/c1-6-10(4,5)12-9(13)8(11)7(2)3/h1,7-8H,11H2,2-5H3,(H,12,13). The molecule has 0 aliphatic carbocycles. The molecule has 0 aromatic heterocycles. The van der Waals surface area contributed by atoms with Crippen molar-refractivity contribution in [1.82, 2.24) is 5.32 Å². The molecular weight excluding hydrogens is 164 g/mol. The Kier molecular flexibility index (Phi) is 3.96. The number of terminal acetylenes is 1. The number of hydrogen-bond acceptors (Lipinski definition) is 2. The highest BCUT2D eigenvalue weighted by Gasteiger charge is 2.23. The SMILES string of the molecule is C#CC(C)(C)NC(=O)C(N)C(C)C. The van der Waals surface area contributed by atoms with Crippen LogP contribution in [-0.2, 0) is 4.79 Å². The quantitative estimate of drug-likeness (QED) is 0.624. The third-order valence-corrected chi connectivity index (χ3v) is 1.82. The Morgan fingerprint density at radius 2 is 2.00 bits per heavy atom. The molecule has 0 aromatic carbocycles. The van der Waals surface area contributed by atoms with Crippen molar-refractivity contribution in [3.63, 3.8) is 0 Å². The molecular formula is C10H18N2O. The summed E-state index contributed by atoms with van der Waals surface area (Å²) in [6.07, 6.45) is 5.23. The van der Waals surface area contributed by atoms with Crippen LogP contribution in [0.4, 0.5) is 0 Å². The van der Waals surface area contributed by atoms with E-state index in [0.29, 0.717) is 0 Å². The lowest BCUT2D eigenvalue weighted by Crippen LogP contribution is -2.51. The van der Waals surface area contributed by atoms with Gasteiger partial charge in [0.1, 0.15) is 0 Å². The highest BCUT2D eigenvalue weighted by atomic mass is 16.2. The van der Waals surface area contributed by atoms with Gasteiger partial charge in [-0.25, -0.2) is 0 Å². The van der Waals surface area contributed by atoms with Gasteiger partial charge in [-0.1, -0.05) is 19.8 Å². The van der Waals surface area contributed by atoms with E-state index in [2.05, 4.69) is 11.2 Å². The second-order valence-corrected chi connectivity index (χ2v) is 4.03. The Labute approximate surface area is 80.1 Å². The Hall–Kier alpha value is -1.01. The second-order valence-electron chi connectivity index (χ2n) is 4.03. The zero-order valence-electron chi connectivity index (χ0n) is 8.72. The lowest BCUT2D eigenvalue weighted by Gasteiger charge is -2.23. The van der Waals surface area contributed by atoms with Gasteiger partial charge in [0, 0.05) is 0 Å². The summed E-state index contributed by atoms with van der Waals surface area (Å²) in [4.78, 5) is 11.4. The number of rotatable bonds is 3. The number of nitrogens with two attached hydrogens (primary N) is 1. The van der Waals surface area contributed by atoms with Crippen LogP contribution in [0.3, 0.4) is 0 Å². The van der Waals surface area contributed by atoms with Crippen molar-refractivity contribution in [3.8, 4) is 12.3 Å². The summed E-state index contributed by atoms with van der Waals surface area (Å²) in [6, 6.07) is -0.493. The van der Waals surface area contributed by atoms with E-state index in [1.807, 2.05) is 13.8 Å². The van der Waals surface area contributed by atoms with Crippen molar-refractivity contribution in [2.24, 2.45) is 11.7 Å². The molecule has 0 spiro atoms. The summed E-state index contributed by atoms with van der Waals surface area (Å²) >= 11 is 0. The van der Waals surface area contributed by atoms with Gasteiger partial charge in [0.05, 0.1) is 11.6 Å². The fraction of sp³-hybridized carbons (Fsp3) is 0.700. The predicted octanol–water partition coefficient (Wildman–Crippen LogP) is 0.498. The molecule has 0 aliphatic rings. The normalized spacial score (nSPS) is 13.6. The molecule has 1 amide bonds. The van der Waals surface area contributed by atoms with Gasteiger partial charge in [0.25, 0.3) is 0 Å². The van der Waals surface area contributed by atoms with E-state index in [9.17, 15) is 4.79 Å². The summed E-state index contributed by atoms with van der Waals surface area (Å²) in [5, 5.41) is 2.69. The number of carbonyl (C=O) groups is 1. The van der Waals surface area contributed by atoms with Crippen molar-refractivity contribution in [2.45, 2.75) is 39.3 Å². The second kappa shape index (κ2) is 4.29. The molecule has 13 heavy (non-hydrogen) atoms. The van der Waals surface area contributed by atoms with Crippen molar-refractivity contribution in [2.75, 3.05) is 0 Å². The van der Waals surface area contributed by atoms with Crippen LogP contribution in [-0.4, -0.2) is 17.5 Å². The van der Waals surface area contributed by atoms with Crippen LogP contribution in [0.25, 0.3) is 0 Å². The molecule has 0 fully saturated rings. The molecule has 0 radical (unpaired) electrons. The Balaban J connectivity index is 4.26. The van der Waals surface area contributed by atoms with E-state index in [0.717, 1.165) is 0 Å². The molecule has 74 valence electrons. The molecule has 0 bridgehead atoms. The van der Waals surface area contributed by atoms with Gasteiger partial charge in [-0.05, 0) is 19.8 Å². The monoisotopic (exact) mass is 182 g/mol.